The van der Waals surface area contributed by atoms with Crippen LogP contribution < -0.4 is 0 Å². The minimum absolute atomic E-state index is 0.250. The fourth-order valence-corrected chi connectivity index (χ4v) is 2.55. The van der Waals surface area contributed by atoms with E-state index >= 15 is 0 Å². The Bertz CT molecular complexity index is 131. The van der Waals surface area contributed by atoms with Crippen molar-refractivity contribution in [2.75, 3.05) is 6.61 Å². The molecule has 2 unspecified atom stereocenters. The van der Waals surface area contributed by atoms with Crippen LogP contribution in [0, 0.1) is 17.3 Å². The van der Waals surface area contributed by atoms with E-state index in [4.69, 9.17) is 0 Å². The molecule has 1 fully saturated rings. The van der Waals surface area contributed by atoms with E-state index in [9.17, 15) is 5.11 Å². The molecule has 66 valence electrons. The molecule has 1 nitrogen and oxygen atoms in total. The first-order valence-electron chi connectivity index (χ1n) is 4.74. The molecule has 0 aromatic heterocycles. The molecular weight excluding hydrogens is 136 g/mol. The van der Waals surface area contributed by atoms with Gasteiger partial charge in [-0.2, -0.15) is 0 Å². The van der Waals surface area contributed by atoms with E-state index in [0.29, 0.717) is 18.4 Å². The van der Waals surface area contributed by atoms with Gasteiger partial charge >= 0.3 is 0 Å². The summed E-state index contributed by atoms with van der Waals surface area (Å²) >= 11 is 0. The molecule has 1 heteroatoms. The topological polar surface area (TPSA) is 20.2 Å². The lowest BCUT2D eigenvalue weighted by molar-refractivity contribution is 0.0445. The Morgan fingerprint density at radius 1 is 1.55 bits per heavy atom. The lowest BCUT2D eigenvalue weighted by atomic mass is 9.71. The molecule has 0 amide bonds. The van der Waals surface area contributed by atoms with Gasteiger partial charge in [0.2, 0.25) is 0 Å². The van der Waals surface area contributed by atoms with E-state index in [1.54, 1.807) is 0 Å². The van der Waals surface area contributed by atoms with Crippen molar-refractivity contribution in [3.8, 4) is 0 Å². The summed E-state index contributed by atoms with van der Waals surface area (Å²) < 4.78 is 0. The molecule has 2 atom stereocenters. The van der Waals surface area contributed by atoms with Crippen molar-refractivity contribution < 1.29 is 5.11 Å². The van der Waals surface area contributed by atoms with Crippen LogP contribution in [0.3, 0.4) is 0 Å². The van der Waals surface area contributed by atoms with Crippen LogP contribution in [0.2, 0.25) is 0 Å². The first-order chi connectivity index (χ1) is 5.13. The Kier molecular flexibility index (Phi) is 2.58. The lowest BCUT2D eigenvalue weighted by Crippen LogP contribution is -2.33. The van der Waals surface area contributed by atoms with Crippen molar-refractivity contribution in [1.82, 2.24) is 0 Å². The molecule has 0 aromatic rings. The average molecular weight is 156 g/mol. The minimum atomic E-state index is 0.250. The Labute approximate surface area is 69.8 Å². The van der Waals surface area contributed by atoms with E-state index in [2.05, 4.69) is 20.8 Å². The summed E-state index contributed by atoms with van der Waals surface area (Å²) in [6.45, 7) is 7.13. The van der Waals surface area contributed by atoms with Crippen LogP contribution in [0.15, 0.2) is 0 Å². The van der Waals surface area contributed by atoms with Crippen molar-refractivity contribution in [2.45, 2.75) is 40.0 Å². The molecule has 0 saturated heterocycles. The molecule has 0 aliphatic heterocycles. The summed E-state index contributed by atoms with van der Waals surface area (Å²) in [7, 11) is 0. The van der Waals surface area contributed by atoms with E-state index in [1.165, 1.54) is 19.3 Å². The second-order valence-electron chi connectivity index (χ2n) is 4.34. The smallest absolute Gasteiger partial charge is 0.0492 e. The normalized spacial score (nSPS) is 38.5. The standard InChI is InChI=1S/C10H20O/c1-8(2)10(7-11)6-4-5-9(10)3/h8-9,11H,4-7H2,1-3H3. The van der Waals surface area contributed by atoms with Crippen molar-refractivity contribution in [1.29, 1.82) is 0 Å². The molecule has 11 heavy (non-hydrogen) atoms. The largest absolute Gasteiger partial charge is 0.396 e. The fourth-order valence-electron chi connectivity index (χ4n) is 2.55. The van der Waals surface area contributed by atoms with Gasteiger partial charge in [0.15, 0.2) is 0 Å². The average Bonchev–Trinajstić information content (AvgIpc) is 2.32. The van der Waals surface area contributed by atoms with Gasteiger partial charge < -0.3 is 5.11 Å². The predicted molar refractivity (Wildman–Crippen MR) is 47.4 cm³/mol. The third-order valence-corrected chi connectivity index (χ3v) is 3.71. The highest BCUT2D eigenvalue weighted by Crippen LogP contribution is 2.47. The number of hydrogen-bond acceptors (Lipinski definition) is 1. The van der Waals surface area contributed by atoms with Gasteiger partial charge in [0, 0.05) is 6.61 Å². The predicted octanol–water partition coefficient (Wildman–Crippen LogP) is 2.44. The molecule has 0 heterocycles. The Morgan fingerprint density at radius 2 is 2.18 bits per heavy atom. The van der Waals surface area contributed by atoms with Gasteiger partial charge in [-0.1, -0.05) is 33.6 Å². The maximum atomic E-state index is 9.36. The highest BCUT2D eigenvalue weighted by Gasteiger charge is 2.41. The quantitative estimate of drug-likeness (QED) is 0.651. The van der Waals surface area contributed by atoms with Crippen LogP contribution in [0.25, 0.3) is 0 Å². The van der Waals surface area contributed by atoms with E-state index < -0.39 is 0 Å². The summed E-state index contributed by atoms with van der Waals surface area (Å²) in [4.78, 5) is 0. The zero-order valence-corrected chi connectivity index (χ0v) is 7.93. The van der Waals surface area contributed by atoms with E-state index in [0.717, 1.165) is 0 Å². The van der Waals surface area contributed by atoms with Gasteiger partial charge in [0.25, 0.3) is 0 Å². The van der Waals surface area contributed by atoms with Crippen molar-refractivity contribution in [3.05, 3.63) is 0 Å². The van der Waals surface area contributed by atoms with Crippen LogP contribution in [-0.4, -0.2) is 11.7 Å². The maximum absolute atomic E-state index is 9.36. The van der Waals surface area contributed by atoms with Gasteiger partial charge in [-0.15, -0.1) is 0 Å². The maximum Gasteiger partial charge on any atom is 0.0492 e. The Balaban J connectivity index is 2.73. The Morgan fingerprint density at radius 3 is 2.36 bits per heavy atom. The molecule has 0 spiro atoms. The van der Waals surface area contributed by atoms with Gasteiger partial charge in [0.1, 0.15) is 0 Å². The molecule has 0 aromatic carbocycles. The summed E-state index contributed by atoms with van der Waals surface area (Å²) in [5.41, 5.74) is 0.250. The molecule has 1 aliphatic rings. The van der Waals surface area contributed by atoms with Crippen LogP contribution >= 0.6 is 0 Å². The summed E-state index contributed by atoms with van der Waals surface area (Å²) in [6.07, 6.45) is 3.83. The van der Waals surface area contributed by atoms with E-state index in [1.807, 2.05) is 0 Å². The molecule has 1 rings (SSSR count). The second kappa shape index (κ2) is 3.14. The highest BCUT2D eigenvalue weighted by molar-refractivity contribution is 4.91. The molecule has 1 saturated carbocycles. The van der Waals surface area contributed by atoms with Gasteiger partial charge in [0.05, 0.1) is 0 Å². The number of aliphatic hydroxyl groups excluding tert-OH is 1. The summed E-state index contributed by atoms with van der Waals surface area (Å²) in [5, 5.41) is 9.36. The van der Waals surface area contributed by atoms with Crippen molar-refractivity contribution in [2.24, 2.45) is 17.3 Å². The number of hydrogen-bond donors (Lipinski definition) is 1. The Hall–Kier alpha value is -0.0400. The lowest BCUT2D eigenvalue weighted by Gasteiger charge is -2.36. The third kappa shape index (κ3) is 1.31. The zero-order valence-electron chi connectivity index (χ0n) is 7.93. The summed E-state index contributed by atoms with van der Waals surface area (Å²) in [6, 6.07) is 0. The van der Waals surface area contributed by atoms with Gasteiger partial charge in [-0.25, -0.2) is 0 Å². The molecule has 0 radical (unpaired) electrons. The monoisotopic (exact) mass is 156 g/mol. The third-order valence-electron chi connectivity index (χ3n) is 3.71. The number of aliphatic hydroxyl groups is 1. The van der Waals surface area contributed by atoms with Crippen LogP contribution in [0.4, 0.5) is 0 Å². The van der Waals surface area contributed by atoms with Crippen molar-refractivity contribution >= 4 is 0 Å². The number of rotatable bonds is 2. The van der Waals surface area contributed by atoms with Crippen molar-refractivity contribution in [3.63, 3.8) is 0 Å². The van der Waals surface area contributed by atoms with E-state index in [-0.39, 0.29) is 5.41 Å². The SMILES string of the molecule is CC(C)C1(CO)CCCC1C. The zero-order chi connectivity index (χ0) is 8.48. The highest BCUT2D eigenvalue weighted by atomic mass is 16.3. The molecule has 1 N–H and O–H groups in total. The summed E-state index contributed by atoms with van der Waals surface area (Å²) in [5.74, 6) is 1.34. The van der Waals surface area contributed by atoms with Crippen LogP contribution in [-0.2, 0) is 0 Å². The molecule has 0 bridgehead atoms. The van der Waals surface area contributed by atoms with Gasteiger partial charge in [-0.3, -0.25) is 0 Å². The minimum Gasteiger partial charge on any atom is -0.396 e. The van der Waals surface area contributed by atoms with Crippen LogP contribution in [0.5, 0.6) is 0 Å². The van der Waals surface area contributed by atoms with Gasteiger partial charge in [-0.05, 0) is 23.7 Å². The first-order valence-corrected chi connectivity index (χ1v) is 4.74. The first kappa shape index (κ1) is 9.05. The molecular formula is C10H20O. The second-order valence-corrected chi connectivity index (χ2v) is 4.34. The molecule has 1 aliphatic carbocycles. The van der Waals surface area contributed by atoms with Crippen LogP contribution in [0.1, 0.15) is 40.0 Å². The fraction of sp³-hybridized carbons (Fsp3) is 1.00.